The second-order valence-electron chi connectivity index (χ2n) is 5.25. The Labute approximate surface area is 153 Å². The highest BCUT2D eigenvalue weighted by Gasteiger charge is 2.18. The molecule has 0 atom stereocenters. The number of hydrogen-bond donors (Lipinski definition) is 0. The largest absolute Gasteiger partial charge is 0.496 e. The van der Waals surface area contributed by atoms with E-state index in [2.05, 4.69) is 4.98 Å². The second kappa shape index (κ2) is 7.88. The molecule has 0 saturated heterocycles. The van der Waals surface area contributed by atoms with Crippen LogP contribution in [0.5, 0.6) is 5.75 Å². The number of esters is 1. The topological polar surface area (TPSA) is 65.5 Å². The molecule has 2 aromatic carbocycles. The summed E-state index contributed by atoms with van der Waals surface area (Å²) in [5.41, 5.74) is 1.02. The molecule has 7 heteroatoms. The Morgan fingerprint density at radius 3 is 2.65 bits per heavy atom. The molecule has 26 heavy (non-hydrogen) atoms. The number of ether oxygens (including phenoxy) is 2. The molecule has 0 spiro atoms. The van der Waals surface area contributed by atoms with E-state index in [0.29, 0.717) is 5.01 Å². The molecule has 0 bridgehead atoms. The summed E-state index contributed by atoms with van der Waals surface area (Å²) in [4.78, 5) is 28.5. The number of nitrogens with zero attached hydrogens (tertiary/aromatic N) is 1. The summed E-state index contributed by atoms with van der Waals surface area (Å²) >= 11 is 1.30. The average Bonchev–Trinajstić information content (AvgIpc) is 3.17. The van der Waals surface area contributed by atoms with Gasteiger partial charge in [-0.1, -0.05) is 30.3 Å². The number of carbonyl (C=O) groups excluding carboxylic acids is 2. The smallest absolute Gasteiger partial charge is 0.358 e. The zero-order chi connectivity index (χ0) is 18.5. The first-order valence-electron chi connectivity index (χ1n) is 7.63. The normalized spacial score (nSPS) is 10.4. The van der Waals surface area contributed by atoms with E-state index in [1.807, 2.05) is 30.3 Å². The Morgan fingerprint density at radius 1 is 1.15 bits per heavy atom. The summed E-state index contributed by atoms with van der Waals surface area (Å²) in [5, 5.41) is 2.24. The molecule has 0 aliphatic carbocycles. The number of halogens is 1. The number of hydrogen-bond acceptors (Lipinski definition) is 6. The fourth-order valence-electron chi connectivity index (χ4n) is 2.26. The Morgan fingerprint density at radius 2 is 1.92 bits per heavy atom. The third-order valence-electron chi connectivity index (χ3n) is 3.53. The van der Waals surface area contributed by atoms with Crippen LogP contribution in [0.15, 0.2) is 53.9 Å². The van der Waals surface area contributed by atoms with Crippen LogP contribution in [0.1, 0.15) is 20.8 Å². The summed E-state index contributed by atoms with van der Waals surface area (Å²) in [5.74, 6) is -1.64. The van der Waals surface area contributed by atoms with Gasteiger partial charge < -0.3 is 9.47 Å². The number of aromatic nitrogens is 1. The fraction of sp³-hybridized carbons (Fsp3) is 0.105. The van der Waals surface area contributed by atoms with Gasteiger partial charge in [0.1, 0.15) is 16.6 Å². The first kappa shape index (κ1) is 17.8. The van der Waals surface area contributed by atoms with E-state index >= 15 is 0 Å². The summed E-state index contributed by atoms with van der Waals surface area (Å²) in [7, 11) is 1.37. The molecule has 0 fully saturated rings. The number of Topliss-reactive ketones (excluding diaryl/α,β-unsaturated/α-hetero) is 1. The van der Waals surface area contributed by atoms with Crippen molar-refractivity contribution in [3.63, 3.8) is 0 Å². The number of rotatable bonds is 6. The molecule has 0 unspecified atom stereocenters. The van der Waals surface area contributed by atoms with Crippen LogP contribution in [0, 0.1) is 5.82 Å². The van der Waals surface area contributed by atoms with Gasteiger partial charge in [0.05, 0.1) is 12.7 Å². The van der Waals surface area contributed by atoms with E-state index in [0.717, 1.165) is 11.6 Å². The lowest BCUT2D eigenvalue weighted by Gasteiger charge is -2.08. The molecule has 1 heterocycles. The predicted octanol–water partition coefficient (Wildman–Crippen LogP) is 4.00. The maximum Gasteiger partial charge on any atom is 0.358 e. The SMILES string of the molecule is COc1ccc(F)cc1C(=O)COC(=O)c1csc(-c2ccccc2)n1. The molecular formula is C19H14FNO4S. The maximum absolute atomic E-state index is 13.3. The molecule has 0 aliphatic rings. The van der Waals surface area contributed by atoms with Crippen molar-refractivity contribution < 1.29 is 23.5 Å². The summed E-state index contributed by atoms with van der Waals surface area (Å²) < 4.78 is 23.4. The average molecular weight is 371 g/mol. The van der Waals surface area contributed by atoms with Crippen LogP contribution in [0.4, 0.5) is 4.39 Å². The van der Waals surface area contributed by atoms with Gasteiger partial charge in [0.2, 0.25) is 5.78 Å². The fourth-order valence-corrected chi connectivity index (χ4v) is 3.06. The Bertz CT molecular complexity index is 940. The van der Waals surface area contributed by atoms with Gasteiger partial charge in [-0.25, -0.2) is 14.2 Å². The van der Waals surface area contributed by atoms with Crippen LogP contribution >= 0.6 is 11.3 Å². The van der Waals surface area contributed by atoms with Gasteiger partial charge in [-0.3, -0.25) is 4.79 Å². The van der Waals surface area contributed by atoms with Crippen molar-refractivity contribution in [2.75, 3.05) is 13.7 Å². The van der Waals surface area contributed by atoms with E-state index in [9.17, 15) is 14.0 Å². The Hall–Kier alpha value is -3.06. The number of thiazole rings is 1. The number of benzene rings is 2. The zero-order valence-corrected chi connectivity index (χ0v) is 14.6. The van der Waals surface area contributed by atoms with Crippen molar-refractivity contribution in [3.05, 3.63) is 71.0 Å². The molecule has 3 rings (SSSR count). The molecule has 0 aliphatic heterocycles. The van der Waals surface area contributed by atoms with Gasteiger partial charge >= 0.3 is 5.97 Å². The Balaban J connectivity index is 1.67. The maximum atomic E-state index is 13.3. The third kappa shape index (κ3) is 3.94. The van der Waals surface area contributed by atoms with Crippen molar-refractivity contribution in [3.8, 4) is 16.3 Å². The number of carbonyl (C=O) groups is 2. The van der Waals surface area contributed by atoms with Gasteiger partial charge in [0, 0.05) is 10.9 Å². The molecule has 0 amide bonds. The van der Waals surface area contributed by atoms with Crippen LogP contribution in [0.25, 0.3) is 10.6 Å². The van der Waals surface area contributed by atoms with Crippen molar-refractivity contribution in [1.82, 2.24) is 4.98 Å². The molecule has 3 aromatic rings. The van der Waals surface area contributed by atoms with E-state index in [1.165, 1.54) is 30.6 Å². The molecule has 0 saturated carbocycles. The van der Waals surface area contributed by atoms with E-state index in [4.69, 9.17) is 9.47 Å². The predicted molar refractivity (Wildman–Crippen MR) is 95.1 cm³/mol. The van der Waals surface area contributed by atoms with E-state index < -0.39 is 24.2 Å². The minimum Gasteiger partial charge on any atom is -0.496 e. The van der Waals surface area contributed by atoms with Gasteiger partial charge in [0.15, 0.2) is 12.3 Å². The minimum absolute atomic E-state index is 0.0172. The minimum atomic E-state index is -0.716. The molecular weight excluding hydrogens is 357 g/mol. The number of methoxy groups -OCH3 is 1. The zero-order valence-electron chi connectivity index (χ0n) is 13.8. The lowest BCUT2D eigenvalue weighted by atomic mass is 10.1. The van der Waals surface area contributed by atoms with Gasteiger partial charge in [-0.05, 0) is 18.2 Å². The van der Waals surface area contributed by atoms with Crippen LogP contribution in [-0.2, 0) is 4.74 Å². The lowest BCUT2D eigenvalue weighted by molar-refractivity contribution is 0.0469. The quantitative estimate of drug-likeness (QED) is 0.484. The van der Waals surface area contributed by atoms with E-state index in [1.54, 1.807) is 5.38 Å². The molecule has 132 valence electrons. The summed E-state index contributed by atoms with van der Waals surface area (Å²) in [6.07, 6.45) is 0. The monoisotopic (exact) mass is 371 g/mol. The molecule has 1 aromatic heterocycles. The number of ketones is 1. The molecule has 0 N–H and O–H groups in total. The lowest BCUT2D eigenvalue weighted by Crippen LogP contribution is -2.15. The van der Waals surface area contributed by atoms with E-state index in [-0.39, 0.29) is 17.0 Å². The van der Waals surface area contributed by atoms with Crippen molar-refractivity contribution >= 4 is 23.1 Å². The van der Waals surface area contributed by atoms with Crippen LogP contribution in [0.2, 0.25) is 0 Å². The highest BCUT2D eigenvalue weighted by Crippen LogP contribution is 2.24. The standard InChI is InChI=1S/C19H14FNO4S/c1-24-17-8-7-13(20)9-14(17)16(22)10-25-19(23)15-11-26-18(21-15)12-5-3-2-4-6-12/h2-9,11H,10H2,1H3. The summed E-state index contributed by atoms with van der Waals surface area (Å²) in [6, 6.07) is 13.0. The van der Waals surface area contributed by atoms with Crippen molar-refractivity contribution in [2.45, 2.75) is 0 Å². The van der Waals surface area contributed by atoms with Gasteiger partial charge in [-0.15, -0.1) is 11.3 Å². The van der Waals surface area contributed by atoms with Gasteiger partial charge in [-0.2, -0.15) is 0 Å². The van der Waals surface area contributed by atoms with Crippen molar-refractivity contribution in [1.29, 1.82) is 0 Å². The highest BCUT2D eigenvalue weighted by atomic mass is 32.1. The molecule has 0 radical (unpaired) electrons. The Kier molecular flexibility index (Phi) is 5.38. The highest BCUT2D eigenvalue weighted by molar-refractivity contribution is 7.13. The summed E-state index contributed by atoms with van der Waals surface area (Å²) in [6.45, 7) is -0.531. The third-order valence-corrected chi connectivity index (χ3v) is 4.42. The molecule has 5 nitrogen and oxygen atoms in total. The first-order valence-corrected chi connectivity index (χ1v) is 8.51. The van der Waals surface area contributed by atoms with Crippen LogP contribution in [-0.4, -0.2) is 30.5 Å². The first-order chi connectivity index (χ1) is 12.6. The second-order valence-corrected chi connectivity index (χ2v) is 6.11. The van der Waals surface area contributed by atoms with Crippen molar-refractivity contribution in [2.24, 2.45) is 0 Å². The van der Waals surface area contributed by atoms with Crippen LogP contribution < -0.4 is 4.74 Å². The van der Waals surface area contributed by atoms with Crippen LogP contribution in [0.3, 0.4) is 0 Å². The van der Waals surface area contributed by atoms with Gasteiger partial charge in [0.25, 0.3) is 0 Å².